The minimum atomic E-state index is -0.464. The van der Waals surface area contributed by atoms with E-state index in [1.54, 1.807) is 11.0 Å². The van der Waals surface area contributed by atoms with E-state index in [4.69, 9.17) is 9.47 Å². The molecule has 0 saturated carbocycles. The third-order valence-corrected chi connectivity index (χ3v) is 4.68. The van der Waals surface area contributed by atoms with Crippen LogP contribution in [0.5, 0.6) is 11.5 Å². The van der Waals surface area contributed by atoms with Gasteiger partial charge in [-0.2, -0.15) is 0 Å². The van der Waals surface area contributed by atoms with Crippen molar-refractivity contribution in [2.24, 2.45) is 5.92 Å². The van der Waals surface area contributed by atoms with E-state index in [1.165, 1.54) is 0 Å². The van der Waals surface area contributed by atoms with Crippen molar-refractivity contribution >= 4 is 17.6 Å². The summed E-state index contributed by atoms with van der Waals surface area (Å²) in [6.07, 6.45) is 0.164. The van der Waals surface area contributed by atoms with Crippen LogP contribution in [0.4, 0.5) is 5.69 Å². The Morgan fingerprint density at radius 2 is 1.88 bits per heavy atom. The number of ether oxygens (including phenoxy) is 2. The number of nitrogens with zero attached hydrogens (tertiary/aromatic N) is 1. The van der Waals surface area contributed by atoms with Crippen LogP contribution in [0.25, 0.3) is 0 Å². The second-order valence-corrected chi connectivity index (χ2v) is 6.45. The number of benzene rings is 2. The molecular formula is C21H23NO4. The van der Waals surface area contributed by atoms with Crippen LogP contribution in [-0.4, -0.2) is 25.0 Å². The van der Waals surface area contributed by atoms with Gasteiger partial charge in [0, 0.05) is 18.7 Å². The molecule has 26 heavy (non-hydrogen) atoms. The molecule has 0 N–H and O–H groups in total. The molecule has 1 fully saturated rings. The first-order chi connectivity index (χ1) is 12.5. The summed E-state index contributed by atoms with van der Waals surface area (Å²) in [6, 6.07) is 12.9. The van der Waals surface area contributed by atoms with E-state index < -0.39 is 5.92 Å². The van der Waals surface area contributed by atoms with Crippen molar-refractivity contribution in [1.82, 2.24) is 0 Å². The molecule has 1 amide bonds. The zero-order valence-corrected chi connectivity index (χ0v) is 15.3. The topological polar surface area (TPSA) is 55.8 Å². The minimum Gasteiger partial charge on any atom is -0.494 e. The molecule has 0 bridgehead atoms. The van der Waals surface area contributed by atoms with Gasteiger partial charge in [0.15, 0.2) is 0 Å². The number of carbonyl (C=O) groups is 2. The summed E-state index contributed by atoms with van der Waals surface area (Å²) >= 11 is 0. The molecule has 1 aliphatic rings. The van der Waals surface area contributed by atoms with E-state index in [-0.39, 0.29) is 18.3 Å². The summed E-state index contributed by atoms with van der Waals surface area (Å²) in [6.45, 7) is 6.73. The van der Waals surface area contributed by atoms with Crippen LogP contribution < -0.4 is 14.4 Å². The number of hydrogen-bond acceptors (Lipinski definition) is 4. The van der Waals surface area contributed by atoms with Gasteiger partial charge in [0.2, 0.25) is 5.91 Å². The SMILES string of the molecule is CCOc1ccc(N2C[C@@H](C(=O)Oc3cccc(C)c3C)CC2=O)cc1. The van der Waals surface area contributed by atoms with Crippen LogP contribution in [0.15, 0.2) is 42.5 Å². The summed E-state index contributed by atoms with van der Waals surface area (Å²) < 4.78 is 11.0. The summed E-state index contributed by atoms with van der Waals surface area (Å²) in [5.74, 6) is 0.419. The van der Waals surface area contributed by atoms with Crippen molar-refractivity contribution in [3.63, 3.8) is 0 Å². The molecule has 2 aromatic rings. The molecule has 136 valence electrons. The second kappa shape index (κ2) is 7.60. The van der Waals surface area contributed by atoms with Gasteiger partial charge < -0.3 is 14.4 Å². The maximum Gasteiger partial charge on any atom is 0.316 e. The molecule has 5 heteroatoms. The van der Waals surface area contributed by atoms with E-state index in [0.29, 0.717) is 18.9 Å². The molecule has 0 unspecified atom stereocenters. The van der Waals surface area contributed by atoms with Crippen molar-refractivity contribution in [2.75, 3.05) is 18.1 Å². The van der Waals surface area contributed by atoms with Crippen molar-refractivity contribution in [2.45, 2.75) is 27.2 Å². The third kappa shape index (κ3) is 3.72. The van der Waals surface area contributed by atoms with E-state index in [2.05, 4.69) is 0 Å². The fraction of sp³-hybridized carbons (Fsp3) is 0.333. The molecule has 1 saturated heterocycles. The van der Waals surface area contributed by atoms with Gasteiger partial charge in [0.25, 0.3) is 0 Å². The van der Waals surface area contributed by atoms with Gasteiger partial charge >= 0.3 is 5.97 Å². The van der Waals surface area contributed by atoms with E-state index in [9.17, 15) is 9.59 Å². The Balaban J connectivity index is 1.68. The Morgan fingerprint density at radius 1 is 1.15 bits per heavy atom. The molecule has 0 spiro atoms. The van der Waals surface area contributed by atoms with Crippen LogP contribution in [-0.2, 0) is 9.59 Å². The predicted octanol–water partition coefficient (Wildman–Crippen LogP) is 3.66. The Kier molecular flexibility index (Phi) is 5.26. The number of hydrogen-bond donors (Lipinski definition) is 0. The number of esters is 1. The molecule has 2 aromatic carbocycles. The Bertz CT molecular complexity index is 813. The summed E-state index contributed by atoms with van der Waals surface area (Å²) in [5.41, 5.74) is 2.77. The summed E-state index contributed by atoms with van der Waals surface area (Å²) in [4.78, 5) is 26.5. The highest BCUT2D eigenvalue weighted by Crippen LogP contribution is 2.29. The molecular weight excluding hydrogens is 330 g/mol. The van der Waals surface area contributed by atoms with Crippen molar-refractivity contribution in [3.05, 3.63) is 53.6 Å². The fourth-order valence-electron chi connectivity index (χ4n) is 3.03. The molecule has 0 aliphatic carbocycles. The van der Waals surface area contributed by atoms with Gasteiger partial charge in [-0.25, -0.2) is 0 Å². The standard InChI is InChI=1S/C21H23NO4/c1-4-25-18-10-8-17(9-11-18)22-13-16(12-20(22)23)21(24)26-19-7-5-6-14(2)15(19)3/h5-11,16H,4,12-13H2,1-3H3/t16-/m0/s1. The molecule has 3 rings (SSSR count). The highest BCUT2D eigenvalue weighted by molar-refractivity contribution is 5.99. The average molecular weight is 353 g/mol. The van der Waals surface area contributed by atoms with Gasteiger partial charge in [-0.3, -0.25) is 9.59 Å². The van der Waals surface area contributed by atoms with Gasteiger partial charge in [-0.15, -0.1) is 0 Å². The normalized spacial score (nSPS) is 16.7. The zero-order valence-electron chi connectivity index (χ0n) is 15.3. The predicted molar refractivity (Wildman–Crippen MR) is 99.6 cm³/mol. The van der Waals surface area contributed by atoms with Crippen LogP contribution >= 0.6 is 0 Å². The van der Waals surface area contributed by atoms with Crippen molar-refractivity contribution < 1.29 is 19.1 Å². The first-order valence-corrected chi connectivity index (χ1v) is 8.80. The number of rotatable bonds is 5. The monoisotopic (exact) mass is 353 g/mol. The van der Waals surface area contributed by atoms with Gasteiger partial charge in [0.1, 0.15) is 11.5 Å². The molecule has 1 heterocycles. The van der Waals surface area contributed by atoms with Crippen LogP contribution in [0.1, 0.15) is 24.5 Å². The lowest BCUT2D eigenvalue weighted by molar-refractivity contribution is -0.139. The zero-order chi connectivity index (χ0) is 18.7. The van der Waals surface area contributed by atoms with E-state index in [1.807, 2.05) is 57.2 Å². The average Bonchev–Trinajstić information content (AvgIpc) is 3.02. The highest BCUT2D eigenvalue weighted by Gasteiger charge is 2.36. The van der Waals surface area contributed by atoms with Crippen LogP contribution in [0, 0.1) is 19.8 Å². The van der Waals surface area contributed by atoms with Crippen LogP contribution in [0.2, 0.25) is 0 Å². The smallest absolute Gasteiger partial charge is 0.316 e. The lowest BCUT2D eigenvalue weighted by atomic mass is 10.1. The lowest BCUT2D eigenvalue weighted by Gasteiger charge is -2.17. The maximum atomic E-state index is 12.5. The molecule has 1 aliphatic heterocycles. The van der Waals surface area contributed by atoms with Crippen LogP contribution in [0.3, 0.4) is 0 Å². The Morgan fingerprint density at radius 3 is 2.58 bits per heavy atom. The minimum absolute atomic E-state index is 0.0722. The summed E-state index contributed by atoms with van der Waals surface area (Å²) in [7, 11) is 0. The lowest BCUT2D eigenvalue weighted by Crippen LogP contribution is -2.27. The highest BCUT2D eigenvalue weighted by atomic mass is 16.5. The largest absolute Gasteiger partial charge is 0.494 e. The quantitative estimate of drug-likeness (QED) is 0.608. The Labute approximate surface area is 153 Å². The number of anilines is 1. The molecule has 0 radical (unpaired) electrons. The second-order valence-electron chi connectivity index (χ2n) is 6.45. The fourth-order valence-corrected chi connectivity index (χ4v) is 3.03. The number of aryl methyl sites for hydroxylation is 1. The first kappa shape index (κ1) is 18.0. The number of amides is 1. The Hall–Kier alpha value is -2.82. The number of carbonyl (C=O) groups excluding carboxylic acids is 2. The van der Waals surface area contributed by atoms with Crippen molar-refractivity contribution in [1.29, 1.82) is 0 Å². The molecule has 1 atom stereocenters. The van der Waals surface area contributed by atoms with Gasteiger partial charge in [-0.1, -0.05) is 12.1 Å². The van der Waals surface area contributed by atoms with Crippen molar-refractivity contribution in [3.8, 4) is 11.5 Å². The molecule has 0 aromatic heterocycles. The maximum absolute atomic E-state index is 12.5. The first-order valence-electron chi connectivity index (χ1n) is 8.80. The third-order valence-electron chi connectivity index (χ3n) is 4.68. The van der Waals surface area contributed by atoms with Gasteiger partial charge in [0.05, 0.1) is 12.5 Å². The summed E-state index contributed by atoms with van der Waals surface area (Å²) in [5, 5.41) is 0. The molecule has 5 nitrogen and oxygen atoms in total. The van der Waals surface area contributed by atoms with E-state index in [0.717, 1.165) is 22.6 Å². The van der Waals surface area contributed by atoms with Gasteiger partial charge in [-0.05, 0) is 62.2 Å². The van der Waals surface area contributed by atoms with E-state index >= 15 is 0 Å².